The summed E-state index contributed by atoms with van der Waals surface area (Å²) in [7, 11) is 1.58. The highest BCUT2D eigenvalue weighted by Gasteiger charge is 2.24. The molecular weight excluding hydrogens is 339 g/mol. The van der Waals surface area contributed by atoms with E-state index in [4.69, 9.17) is 27.9 Å². The number of halogens is 2. The van der Waals surface area contributed by atoms with E-state index in [0.717, 1.165) is 12.8 Å². The summed E-state index contributed by atoms with van der Waals surface area (Å²) in [5.74, 6) is -0.117. The lowest BCUT2D eigenvalue weighted by Crippen LogP contribution is -2.46. The van der Waals surface area contributed by atoms with Crippen LogP contribution in [-0.4, -0.2) is 49.6 Å². The van der Waals surface area contributed by atoms with Crippen LogP contribution in [0.1, 0.15) is 29.6 Å². The lowest BCUT2D eigenvalue weighted by molar-refractivity contribution is -0.133. The van der Waals surface area contributed by atoms with Gasteiger partial charge in [0.15, 0.2) is 0 Å². The summed E-state index contributed by atoms with van der Waals surface area (Å²) in [5, 5.41) is 3.80. The van der Waals surface area contributed by atoms with Gasteiger partial charge in [0, 0.05) is 31.3 Å². The Hall–Kier alpha value is -1.30. The van der Waals surface area contributed by atoms with Crippen molar-refractivity contribution in [3.05, 3.63) is 33.8 Å². The monoisotopic (exact) mass is 358 g/mol. The lowest BCUT2D eigenvalue weighted by Gasteiger charge is -2.32. The van der Waals surface area contributed by atoms with Gasteiger partial charge in [-0.1, -0.05) is 23.2 Å². The molecule has 0 aromatic heterocycles. The van der Waals surface area contributed by atoms with Gasteiger partial charge in [0.2, 0.25) is 5.91 Å². The Balaban J connectivity index is 1.84. The van der Waals surface area contributed by atoms with Crippen LogP contribution < -0.4 is 5.32 Å². The molecule has 7 heteroatoms. The lowest BCUT2D eigenvalue weighted by atomic mass is 10.0. The summed E-state index contributed by atoms with van der Waals surface area (Å²) in [6.07, 6.45) is 1.86. The molecule has 0 aliphatic carbocycles. The van der Waals surface area contributed by atoms with Crippen LogP contribution >= 0.6 is 23.2 Å². The van der Waals surface area contributed by atoms with Crippen molar-refractivity contribution in [2.45, 2.75) is 25.3 Å². The molecule has 0 bridgehead atoms. The number of methoxy groups -OCH3 is 1. The van der Waals surface area contributed by atoms with Crippen LogP contribution in [0.3, 0.4) is 0 Å². The van der Waals surface area contributed by atoms with E-state index in [9.17, 15) is 9.59 Å². The molecule has 2 amide bonds. The maximum Gasteiger partial charge on any atom is 0.253 e. The summed E-state index contributed by atoms with van der Waals surface area (Å²) < 4.78 is 4.92. The fourth-order valence-corrected chi connectivity index (χ4v) is 3.05. The number of piperidine rings is 1. The summed E-state index contributed by atoms with van der Waals surface area (Å²) in [4.78, 5) is 26.0. The second-order valence-electron chi connectivity index (χ2n) is 5.50. The van der Waals surface area contributed by atoms with Gasteiger partial charge in [0.25, 0.3) is 5.91 Å². The Morgan fingerprint density at radius 1 is 1.30 bits per heavy atom. The number of benzene rings is 1. The first-order chi connectivity index (χ1) is 11.0. The highest BCUT2D eigenvalue weighted by atomic mass is 35.5. The minimum atomic E-state index is -0.212. The summed E-state index contributed by atoms with van der Waals surface area (Å²) in [6.45, 7) is 1.72. The predicted molar refractivity (Wildman–Crippen MR) is 90.0 cm³/mol. The van der Waals surface area contributed by atoms with Crippen molar-refractivity contribution in [2.75, 3.05) is 26.8 Å². The number of amides is 2. The highest BCUT2D eigenvalue weighted by molar-refractivity contribution is 6.36. The molecule has 0 atom stereocenters. The first-order valence-corrected chi connectivity index (χ1v) is 8.29. The fourth-order valence-electron chi connectivity index (χ4n) is 2.56. The Kier molecular flexibility index (Phi) is 6.69. The van der Waals surface area contributed by atoms with E-state index in [-0.39, 0.29) is 17.9 Å². The summed E-state index contributed by atoms with van der Waals surface area (Å²) in [5.41, 5.74) is 0.412. The van der Waals surface area contributed by atoms with Gasteiger partial charge in [0.1, 0.15) is 0 Å². The summed E-state index contributed by atoms with van der Waals surface area (Å²) in [6, 6.07) is 4.85. The molecule has 2 rings (SSSR count). The number of carbonyl (C=O) groups excluding carboxylic acids is 2. The smallest absolute Gasteiger partial charge is 0.253 e. The number of likely N-dealkylation sites (tertiary alicyclic amines) is 1. The minimum Gasteiger partial charge on any atom is -0.384 e. The molecule has 23 heavy (non-hydrogen) atoms. The third kappa shape index (κ3) is 5.09. The normalized spacial score (nSPS) is 15.5. The first kappa shape index (κ1) is 18.0. The van der Waals surface area contributed by atoms with Gasteiger partial charge in [-0.25, -0.2) is 0 Å². The standard InChI is InChI=1S/C16H20Cl2N2O3/c1-23-9-6-15(21)20-7-4-12(5-8-20)19-16(22)13-3-2-11(17)10-14(13)18/h2-3,10,12H,4-9H2,1H3,(H,19,22). The molecule has 1 aliphatic rings. The number of nitrogens with zero attached hydrogens (tertiary/aromatic N) is 1. The van der Waals surface area contributed by atoms with E-state index in [1.165, 1.54) is 0 Å². The summed E-state index contributed by atoms with van der Waals surface area (Å²) >= 11 is 11.9. The van der Waals surface area contributed by atoms with Crippen molar-refractivity contribution >= 4 is 35.0 Å². The van der Waals surface area contributed by atoms with Crippen LogP contribution in [0.25, 0.3) is 0 Å². The number of hydrogen-bond donors (Lipinski definition) is 1. The van der Waals surface area contributed by atoms with Crippen LogP contribution in [0.2, 0.25) is 10.0 Å². The average Bonchev–Trinajstić information content (AvgIpc) is 2.53. The van der Waals surface area contributed by atoms with Crippen molar-refractivity contribution < 1.29 is 14.3 Å². The quantitative estimate of drug-likeness (QED) is 0.880. The number of hydrogen-bond acceptors (Lipinski definition) is 3. The predicted octanol–water partition coefficient (Wildman–Crippen LogP) is 2.75. The number of rotatable bonds is 5. The Morgan fingerprint density at radius 3 is 2.61 bits per heavy atom. The van der Waals surface area contributed by atoms with E-state index >= 15 is 0 Å². The van der Waals surface area contributed by atoms with Gasteiger partial charge in [-0.05, 0) is 31.0 Å². The molecule has 1 N–H and O–H groups in total. The molecule has 1 heterocycles. The molecule has 126 valence electrons. The average molecular weight is 359 g/mol. The molecule has 0 saturated carbocycles. The molecule has 0 spiro atoms. The molecular formula is C16H20Cl2N2O3. The maximum absolute atomic E-state index is 12.3. The fraction of sp³-hybridized carbons (Fsp3) is 0.500. The maximum atomic E-state index is 12.3. The van der Waals surface area contributed by atoms with Crippen LogP contribution in [-0.2, 0) is 9.53 Å². The van der Waals surface area contributed by atoms with Gasteiger partial charge in [-0.15, -0.1) is 0 Å². The van der Waals surface area contributed by atoms with Crippen molar-refractivity contribution in [3.63, 3.8) is 0 Å². The second kappa shape index (κ2) is 8.52. The van der Waals surface area contributed by atoms with E-state index < -0.39 is 0 Å². The highest BCUT2D eigenvalue weighted by Crippen LogP contribution is 2.21. The van der Waals surface area contributed by atoms with E-state index in [1.807, 2.05) is 4.90 Å². The molecule has 1 aromatic carbocycles. The van der Waals surface area contributed by atoms with Gasteiger partial charge >= 0.3 is 0 Å². The van der Waals surface area contributed by atoms with E-state index in [2.05, 4.69) is 5.32 Å². The van der Waals surface area contributed by atoms with Crippen molar-refractivity contribution in [3.8, 4) is 0 Å². The van der Waals surface area contributed by atoms with Gasteiger partial charge in [-0.2, -0.15) is 0 Å². The van der Waals surface area contributed by atoms with Crippen LogP contribution in [0.4, 0.5) is 0 Å². The second-order valence-corrected chi connectivity index (χ2v) is 6.34. The first-order valence-electron chi connectivity index (χ1n) is 7.54. The topological polar surface area (TPSA) is 58.6 Å². The zero-order valence-electron chi connectivity index (χ0n) is 13.0. The van der Waals surface area contributed by atoms with Gasteiger partial charge in [0.05, 0.1) is 23.6 Å². The van der Waals surface area contributed by atoms with E-state index in [0.29, 0.717) is 41.7 Å². The van der Waals surface area contributed by atoms with Gasteiger partial charge < -0.3 is 15.0 Å². The van der Waals surface area contributed by atoms with Crippen molar-refractivity contribution in [1.82, 2.24) is 10.2 Å². The molecule has 1 aliphatic heterocycles. The third-order valence-electron chi connectivity index (χ3n) is 3.88. The molecule has 1 aromatic rings. The SMILES string of the molecule is COCCC(=O)N1CCC(NC(=O)c2ccc(Cl)cc2Cl)CC1. The molecule has 5 nitrogen and oxygen atoms in total. The van der Waals surface area contributed by atoms with Crippen molar-refractivity contribution in [2.24, 2.45) is 0 Å². The Labute approximate surface area is 145 Å². The molecule has 1 saturated heterocycles. The number of carbonyl (C=O) groups is 2. The third-order valence-corrected chi connectivity index (χ3v) is 4.43. The van der Waals surface area contributed by atoms with Crippen LogP contribution in [0.5, 0.6) is 0 Å². The minimum absolute atomic E-state index is 0.0423. The molecule has 0 radical (unpaired) electrons. The molecule has 1 fully saturated rings. The Bertz CT molecular complexity index is 572. The van der Waals surface area contributed by atoms with Crippen LogP contribution in [0, 0.1) is 0 Å². The zero-order chi connectivity index (χ0) is 16.8. The zero-order valence-corrected chi connectivity index (χ0v) is 14.5. The number of ether oxygens (including phenoxy) is 1. The van der Waals surface area contributed by atoms with E-state index in [1.54, 1.807) is 25.3 Å². The van der Waals surface area contributed by atoms with Crippen LogP contribution in [0.15, 0.2) is 18.2 Å². The largest absolute Gasteiger partial charge is 0.384 e. The Morgan fingerprint density at radius 2 is 2.00 bits per heavy atom. The van der Waals surface area contributed by atoms with Crippen molar-refractivity contribution in [1.29, 1.82) is 0 Å². The van der Waals surface area contributed by atoms with Gasteiger partial charge in [-0.3, -0.25) is 9.59 Å². The number of nitrogens with one attached hydrogen (secondary N) is 1. The molecule has 0 unspecified atom stereocenters.